The molecule has 0 radical (unpaired) electrons. The van der Waals surface area contributed by atoms with E-state index in [2.05, 4.69) is 60.6 Å². The van der Waals surface area contributed by atoms with Gasteiger partial charge in [-0.3, -0.25) is 0 Å². The molecule has 1 aromatic carbocycles. The van der Waals surface area contributed by atoms with Crippen LogP contribution < -0.4 is 0 Å². The molecule has 0 amide bonds. The first-order chi connectivity index (χ1) is 8.64. The summed E-state index contributed by atoms with van der Waals surface area (Å²) >= 11 is 0. The molecule has 2 rings (SSSR count). The lowest BCUT2D eigenvalue weighted by molar-refractivity contribution is 0.263. The second-order valence-corrected chi connectivity index (χ2v) is 7.50. The first kappa shape index (κ1) is 14.6. The van der Waals surface area contributed by atoms with E-state index in [1.165, 1.54) is 22.3 Å². The first-order valence-electron chi connectivity index (χ1n) is 7.40. The molecule has 0 fully saturated rings. The van der Waals surface area contributed by atoms with Crippen molar-refractivity contribution in [2.24, 2.45) is 5.92 Å². The number of aliphatic hydroxyl groups excluding tert-OH is 1. The second kappa shape index (κ2) is 4.34. The Hall–Kier alpha value is -0.820. The average molecular weight is 260 g/mol. The van der Waals surface area contributed by atoms with Gasteiger partial charge in [-0.15, -0.1) is 0 Å². The Kier molecular flexibility index (Phi) is 3.33. The van der Waals surface area contributed by atoms with Gasteiger partial charge >= 0.3 is 0 Å². The molecule has 0 aliphatic heterocycles. The molecule has 2 unspecified atom stereocenters. The molecule has 19 heavy (non-hydrogen) atoms. The van der Waals surface area contributed by atoms with Crippen LogP contribution in [0.1, 0.15) is 69.7 Å². The molecule has 1 aliphatic rings. The molecular formula is C18H28O. The number of fused-ring (bicyclic) bond motifs is 1. The number of aryl methyl sites for hydroxylation is 1. The van der Waals surface area contributed by atoms with Crippen molar-refractivity contribution in [2.75, 3.05) is 6.61 Å². The molecule has 1 N–H and O–H groups in total. The van der Waals surface area contributed by atoms with Crippen LogP contribution in [0.3, 0.4) is 0 Å². The Morgan fingerprint density at radius 1 is 1.11 bits per heavy atom. The summed E-state index contributed by atoms with van der Waals surface area (Å²) in [4.78, 5) is 0. The van der Waals surface area contributed by atoms with Gasteiger partial charge in [-0.25, -0.2) is 0 Å². The molecule has 0 spiro atoms. The fraction of sp³-hybridized carbons (Fsp3) is 0.667. The third-order valence-corrected chi connectivity index (χ3v) is 5.76. The predicted molar refractivity (Wildman–Crippen MR) is 81.9 cm³/mol. The van der Waals surface area contributed by atoms with Gasteiger partial charge in [-0.2, -0.15) is 0 Å². The average Bonchev–Trinajstić information content (AvgIpc) is 2.47. The van der Waals surface area contributed by atoms with Crippen molar-refractivity contribution < 1.29 is 5.11 Å². The molecule has 1 aliphatic carbocycles. The maximum atomic E-state index is 9.45. The van der Waals surface area contributed by atoms with Crippen molar-refractivity contribution in [3.63, 3.8) is 0 Å². The summed E-state index contributed by atoms with van der Waals surface area (Å²) in [6, 6.07) is 4.72. The molecule has 1 heteroatoms. The maximum absolute atomic E-state index is 9.45. The van der Waals surface area contributed by atoms with Crippen LogP contribution >= 0.6 is 0 Å². The van der Waals surface area contributed by atoms with Crippen LogP contribution in [-0.2, 0) is 10.8 Å². The van der Waals surface area contributed by atoms with E-state index in [9.17, 15) is 5.11 Å². The highest BCUT2D eigenvalue weighted by molar-refractivity contribution is 5.51. The number of benzene rings is 1. The predicted octanol–water partition coefficient (Wildman–Crippen LogP) is 4.30. The maximum Gasteiger partial charge on any atom is 0.0497 e. The standard InChI is InChI=1S/C18H28O/c1-11-8-15-16(9-14(11)12(2)10-19)18(6,7)13(3)17(15,4)5/h8-9,12-13,19H,10H2,1-7H3. The van der Waals surface area contributed by atoms with E-state index in [0.717, 1.165) is 0 Å². The van der Waals surface area contributed by atoms with Crippen molar-refractivity contribution in [1.82, 2.24) is 0 Å². The molecule has 2 atom stereocenters. The lowest BCUT2D eigenvalue weighted by atomic mass is 9.71. The largest absolute Gasteiger partial charge is 0.396 e. The molecule has 0 heterocycles. The summed E-state index contributed by atoms with van der Waals surface area (Å²) < 4.78 is 0. The number of hydrogen-bond acceptors (Lipinski definition) is 1. The molecule has 0 aromatic heterocycles. The van der Waals surface area contributed by atoms with Crippen molar-refractivity contribution in [3.8, 4) is 0 Å². The highest BCUT2D eigenvalue weighted by atomic mass is 16.3. The van der Waals surface area contributed by atoms with Gasteiger partial charge < -0.3 is 5.11 Å². The highest BCUT2D eigenvalue weighted by Crippen LogP contribution is 2.54. The Labute approximate surface area is 118 Å². The Bertz CT molecular complexity index is 497. The highest BCUT2D eigenvalue weighted by Gasteiger charge is 2.48. The monoisotopic (exact) mass is 260 g/mol. The quantitative estimate of drug-likeness (QED) is 0.840. The van der Waals surface area contributed by atoms with E-state index >= 15 is 0 Å². The summed E-state index contributed by atoms with van der Waals surface area (Å²) in [6.07, 6.45) is 0. The fourth-order valence-corrected chi connectivity index (χ4v) is 3.79. The van der Waals surface area contributed by atoms with Crippen LogP contribution in [-0.4, -0.2) is 11.7 Å². The minimum absolute atomic E-state index is 0.205. The van der Waals surface area contributed by atoms with Gasteiger partial charge in [0.05, 0.1) is 0 Å². The van der Waals surface area contributed by atoms with Crippen molar-refractivity contribution >= 4 is 0 Å². The van der Waals surface area contributed by atoms with Gasteiger partial charge in [0, 0.05) is 12.5 Å². The second-order valence-electron chi connectivity index (χ2n) is 7.50. The molecular weight excluding hydrogens is 232 g/mol. The van der Waals surface area contributed by atoms with Crippen molar-refractivity contribution in [3.05, 3.63) is 34.4 Å². The van der Waals surface area contributed by atoms with Crippen LogP contribution in [0.4, 0.5) is 0 Å². The van der Waals surface area contributed by atoms with Crippen LogP contribution in [0.25, 0.3) is 0 Å². The Morgan fingerprint density at radius 3 is 2.05 bits per heavy atom. The number of aliphatic hydroxyl groups is 1. The molecule has 106 valence electrons. The van der Waals surface area contributed by atoms with Crippen LogP contribution in [0, 0.1) is 12.8 Å². The zero-order chi connectivity index (χ0) is 14.6. The third-order valence-electron chi connectivity index (χ3n) is 5.76. The lowest BCUT2D eigenvalue weighted by Gasteiger charge is -2.32. The van der Waals surface area contributed by atoms with Crippen LogP contribution in [0.15, 0.2) is 12.1 Å². The van der Waals surface area contributed by atoms with Gasteiger partial charge in [-0.1, -0.05) is 53.7 Å². The van der Waals surface area contributed by atoms with Gasteiger partial charge in [-0.05, 0) is 45.9 Å². The van der Waals surface area contributed by atoms with E-state index in [0.29, 0.717) is 5.92 Å². The smallest absolute Gasteiger partial charge is 0.0497 e. The summed E-state index contributed by atoms with van der Waals surface area (Å²) in [7, 11) is 0. The zero-order valence-electron chi connectivity index (χ0n) is 13.5. The van der Waals surface area contributed by atoms with E-state index in [1.807, 2.05) is 0 Å². The van der Waals surface area contributed by atoms with Crippen LogP contribution in [0.5, 0.6) is 0 Å². The molecule has 1 nitrogen and oxygen atoms in total. The van der Waals surface area contributed by atoms with Gasteiger partial charge in [0.25, 0.3) is 0 Å². The van der Waals surface area contributed by atoms with E-state index < -0.39 is 0 Å². The van der Waals surface area contributed by atoms with Crippen molar-refractivity contribution in [1.29, 1.82) is 0 Å². The third kappa shape index (κ3) is 1.94. The van der Waals surface area contributed by atoms with Crippen molar-refractivity contribution in [2.45, 2.75) is 65.2 Å². The Balaban J connectivity index is 2.68. The molecule has 0 saturated heterocycles. The summed E-state index contributed by atoms with van der Waals surface area (Å²) in [5.41, 5.74) is 6.03. The molecule has 1 aromatic rings. The summed E-state index contributed by atoms with van der Waals surface area (Å²) in [6.45, 7) is 16.3. The minimum atomic E-state index is 0.205. The summed E-state index contributed by atoms with van der Waals surface area (Å²) in [5.74, 6) is 0.842. The number of hydrogen-bond donors (Lipinski definition) is 1. The first-order valence-corrected chi connectivity index (χ1v) is 7.40. The van der Waals surface area contributed by atoms with Gasteiger partial charge in [0.15, 0.2) is 0 Å². The van der Waals surface area contributed by atoms with E-state index in [4.69, 9.17) is 0 Å². The zero-order valence-corrected chi connectivity index (χ0v) is 13.5. The lowest BCUT2D eigenvalue weighted by Crippen LogP contribution is -2.30. The minimum Gasteiger partial charge on any atom is -0.396 e. The Morgan fingerprint density at radius 2 is 1.58 bits per heavy atom. The fourth-order valence-electron chi connectivity index (χ4n) is 3.79. The van der Waals surface area contributed by atoms with Gasteiger partial charge in [0.2, 0.25) is 0 Å². The molecule has 0 bridgehead atoms. The molecule has 0 saturated carbocycles. The van der Waals surface area contributed by atoms with Crippen LogP contribution in [0.2, 0.25) is 0 Å². The normalized spacial score (nSPS) is 25.2. The topological polar surface area (TPSA) is 20.2 Å². The van der Waals surface area contributed by atoms with E-state index in [1.54, 1.807) is 0 Å². The SMILES string of the molecule is Cc1cc2c(cc1C(C)CO)C(C)(C)C(C)C2(C)C. The van der Waals surface area contributed by atoms with E-state index in [-0.39, 0.29) is 23.4 Å². The van der Waals surface area contributed by atoms with Gasteiger partial charge in [0.1, 0.15) is 0 Å². The summed E-state index contributed by atoms with van der Waals surface area (Å²) in [5, 5.41) is 9.45. The number of rotatable bonds is 2.